The number of nitrogens with zero attached hydrogens (tertiary/aromatic N) is 3. The Bertz CT molecular complexity index is 3870. The molecule has 12 aromatic rings. The van der Waals surface area contributed by atoms with Crippen molar-refractivity contribution in [1.29, 1.82) is 0 Å². The molecule has 318 valence electrons. The van der Waals surface area contributed by atoms with Gasteiger partial charge in [-0.25, -0.2) is 0 Å². The third-order valence-corrected chi connectivity index (χ3v) is 14.5. The molecule has 3 nitrogen and oxygen atoms in total. The van der Waals surface area contributed by atoms with Gasteiger partial charge < -0.3 is 14.4 Å². The van der Waals surface area contributed by atoms with Gasteiger partial charge in [-0.2, -0.15) is 0 Å². The largest absolute Gasteiger partial charge is 0.310 e. The van der Waals surface area contributed by atoms with Crippen LogP contribution in [0.1, 0.15) is 22.3 Å². The number of rotatable bonds is 7. The Morgan fingerprint density at radius 2 is 0.838 bits per heavy atom. The fraction of sp³-hybridized carbons (Fsp3) is 0.0154. The fourth-order valence-corrected chi connectivity index (χ4v) is 11.9. The highest BCUT2D eigenvalue weighted by atomic mass is 15.2. The Hall–Kier alpha value is -8.92. The lowest BCUT2D eigenvalue weighted by atomic mass is 9.69. The van der Waals surface area contributed by atoms with Crippen molar-refractivity contribution in [3.05, 3.63) is 283 Å². The van der Waals surface area contributed by atoms with Crippen molar-refractivity contribution in [3.63, 3.8) is 0 Å². The Morgan fingerprint density at radius 3 is 1.53 bits per heavy atom. The van der Waals surface area contributed by atoms with Gasteiger partial charge in [-0.05, 0) is 129 Å². The van der Waals surface area contributed by atoms with Crippen LogP contribution in [0.15, 0.2) is 261 Å². The van der Waals surface area contributed by atoms with Gasteiger partial charge in [0.05, 0.1) is 27.8 Å². The van der Waals surface area contributed by atoms with Crippen LogP contribution in [-0.2, 0) is 5.41 Å². The lowest BCUT2D eigenvalue weighted by Crippen LogP contribution is -2.28. The molecule has 2 aliphatic rings. The quantitative estimate of drug-likeness (QED) is 0.158. The molecule has 0 aliphatic heterocycles. The lowest BCUT2D eigenvalue weighted by Gasteiger charge is -2.36. The van der Waals surface area contributed by atoms with Crippen molar-refractivity contribution in [2.45, 2.75) is 5.41 Å². The number of hydrogen-bond acceptors (Lipinski definition) is 2. The van der Waals surface area contributed by atoms with E-state index in [1.54, 1.807) is 0 Å². The van der Waals surface area contributed by atoms with E-state index in [1.165, 1.54) is 82.8 Å². The Balaban J connectivity index is 1.08. The minimum absolute atomic E-state index is 0.630. The molecular weight excluding hydrogens is 823 g/mol. The van der Waals surface area contributed by atoms with E-state index >= 15 is 0 Å². The monoisotopic (exact) mass is 865 g/mol. The molecule has 2 aliphatic carbocycles. The molecule has 14 rings (SSSR count). The summed E-state index contributed by atoms with van der Waals surface area (Å²) >= 11 is 0. The average Bonchev–Trinajstić information content (AvgIpc) is 4.03. The van der Waals surface area contributed by atoms with Crippen LogP contribution in [0.3, 0.4) is 0 Å². The second kappa shape index (κ2) is 15.1. The molecule has 3 heteroatoms. The summed E-state index contributed by atoms with van der Waals surface area (Å²) in [6, 6.07) is 96.1. The van der Waals surface area contributed by atoms with Gasteiger partial charge in [-0.1, -0.05) is 182 Å². The summed E-state index contributed by atoms with van der Waals surface area (Å²) in [4.78, 5) is 4.95. The van der Waals surface area contributed by atoms with Crippen LogP contribution in [0.4, 0.5) is 34.1 Å². The van der Waals surface area contributed by atoms with Crippen molar-refractivity contribution >= 4 is 66.7 Å². The maximum Gasteiger partial charge on any atom is 0.0782 e. The number of hydrogen-bond donors (Lipinski definition) is 0. The number of benzene rings is 11. The molecule has 0 saturated carbocycles. The van der Waals surface area contributed by atoms with Crippen LogP contribution in [0.2, 0.25) is 0 Å². The first-order valence-corrected chi connectivity index (χ1v) is 23.5. The van der Waals surface area contributed by atoms with Crippen LogP contribution >= 0.6 is 0 Å². The maximum atomic E-state index is 2.48. The summed E-state index contributed by atoms with van der Waals surface area (Å²) < 4.78 is 2.44. The van der Waals surface area contributed by atoms with E-state index < -0.39 is 5.41 Å². The molecule has 1 heterocycles. The van der Waals surface area contributed by atoms with Gasteiger partial charge in [0.1, 0.15) is 0 Å². The maximum absolute atomic E-state index is 2.48. The first-order chi connectivity index (χ1) is 33.8. The van der Waals surface area contributed by atoms with Gasteiger partial charge in [0.25, 0.3) is 0 Å². The summed E-state index contributed by atoms with van der Waals surface area (Å²) in [5.74, 6) is 0. The van der Waals surface area contributed by atoms with E-state index in [4.69, 9.17) is 0 Å². The minimum atomic E-state index is -0.630. The molecule has 0 N–H and O–H groups in total. The second-order valence-corrected chi connectivity index (χ2v) is 18.0. The third-order valence-electron chi connectivity index (χ3n) is 14.5. The summed E-state index contributed by atoms with van der Waals surface area (Å²) in [7, 11) is 0. The van der Waals surface area contributed by atoms with Gasteiger partial charge in [0.2, 0.25) is 0 Å². The predicted octanol–water partition coefficient (Wildman–Crippen LogP) is 17.2. The Labute approximate surface area is 395 Å². The second-order valence-electron chi connectivity index (χ2n) is 18.0. The minimum Gasteiger partial charge on any atom is -0.310 e. The number of para-hydroxylation sites is 6. The van der Waals surface area contributed by atoms with Gasteiger partial charge in [-0.15, -0.1) is 0 Å². The number of fused-ring (bicyclic) bond motifs is 15. The molecule has 68 heavy (non-hydrogen) atoms. The lowest BCUT2D eigenvalue weighted by molar-refractivity contribution is 0.793. The smallest absolute Gasteiger partial charge is 0.0782 e. The van der Waals surface area contributed by atoms with Crippen LogP contribution in [0.5, 0.6) is 0 Å². The van der Waals surface area contributed by atoms with Gasteiger partial charge in [-0.3, -0.25) is 0 Å². The van der Waals surface area contributed by atoms with Crippen LogP contribution < -0.4 is 9.80 Å². The zero-order chi connectivity index (χ0) is 44.8. The molecule has 0 amide bonds. The SMILES string of the molecule is c1ccc(N(c2ccccc2)c2cc3ccccc3c3c2C2(c4ccccc4-c4cc(N(c5ccccc5)c5cccc6c7ccccc7n(-c7ccccc7)c56)ccc42)c2ccccc2-3)cc1. The zero-order valence-electron chi connectivity index (χ0n) is 37.2. The highest BCUT2D eigenvalue weighted by Crippen LogP contribution is 2.67. The highest BCUT2D eigenvalue weighted by Gasteiger charge is 2.54. The normalized spacial score (nSPS) is 14.2. The fourth-order valence-electron chi connectivity index (χ4n) is 11.9. The molecule has 0 bridgehead atoms. The summed E-state index contributed by atoms with van der Waals surface area (Å²) in [6.45, 7) is 0. The van der Waals surface area contributed by atoms with E-state index in [9.17, 15) is 0 Å². The number of aromatic nitrogens is 1. The van der Waals surface area contributed by atoms with Gasteiger partial charge >= 0.3 is 0 Å². The van der Waals surface area contributed by atoms with Crippen molar-refractivity contribution in [1.82, 2.24) is 4.57 Å². The Morgan fingerprint density at radius 1 is 0.324 bits per heavy atom. The molecule has 0 radical (unpaired) electrons. The molecule has 0 saturated heterocycles. The summed E-state index contributed by atoms with van der Waals surface area (Å²) in [5, 5.41) is 4.92. The van der Waals surface area contributed by atoms with Gasteiger partial charge in [0, 0.05) is 44.8 Å². The third kappa shape index (κ3) is 5.41. The Kier molecular flexibility index (Phi) is 8.50. The zero-order valence-corrected chi connectivity index (χ0v) is 37.2. The highest BCUT2D eigenvalue weighted by molar-refractivity contribution is 6.15. The molecule has 11 aromatic carbocycles. The average molecular weight is 866 g/mol. The van der Waals surface area contributed by atoms with E-state index in [2.05, 4.69) is 275 Å². The first kappa shape index (κ1) is 38.4. The van der Waals surface area contributed by atoms with Crippen LogP contribution in [0.25, 0.3) is 60.5 Å². The van der Waals surface area contributed by atoms with Crippen molar-refractivity contribution in [2.24, 2.45) is 0 Å². The number of anilines is 6. The topological polar surface area (TPSA) is 11.4 Å². The van der Waals surface area contributed by atoms with Crippen molar-refractivity contribution in [3.8, 4) is 27.9 Å². The van der Waals surface area contributed by atoms with Crippen LogP contribution in [0, 0.1) is 0 Å². The molecular formula is C65H43N3. The van der Waals surface area contributed by atoms with Crippen LogP contribution in [-0.4, -0.2) is 4.57 Å². The van der Waals surface area contributed by atoms with Gasteiger partial charge in [0.15, 0.2) is 0 Å². The van der Waals surface area contributed by atoms with E-state index in [1.807, 2.05) is 0 Å². The van der Waals surface area contributed by atoms with Crippen molar-refractivity contribution in [2.75, 3.05) is 9.80 Å². The standard InChI is InChI=1S/C65H43N3/c1-5-23-45(24-6-1)66(46-25-7-2-8-26-46)61-42-44-22-13-14-31-50(44)62-54-34-16-19-37-57(54)65(63(61)62)56-36-18-15-32-51(56)55-43-49(40-41-58(55)65)67(47-27-9-3-10-28-47)60-39-21-35-53-52-33-17-20-38-59(52)68(64(53)60)48-29-11-4-12-30-48/h1-43H. The summed E-state index contributed by atoms with van der Waals surface area (Å²) in [5.41, 5.74) is 19.8. The van der Waals surface area contributed by atoms with E-state index in [-0.39, 0.29) is 0 Å². The first-order valence-electron chi connectivity index (χ1n) is 23.5. The van der Waals surface area contributed by atoms with E-state index in [0.29, 0.717) is 0 Å². The molecule has 0 fully saturated rings. The molecule has 1 spiro atoms. The van der Waals surface area contributed by atoms with Crippen molar-refractivity contribution < 1.29 is 0 Å². The molecule has 1 aromatic heterocycles. The predicted molar refractivity (Wildman–Crippen MR) is 284 cm³/mol. The summed E-state index contributed by atoms with van der Waals surface area (Å²) in [6.07, 6.45) is 0. The van der Waals surface area contributed by atoms with E-state index in [0.717, 1.165) is 34.1 Å². The molecule has 1 atom stereocenters. The molecule has 1 unspecified atom stereocenters.